The number of halogens is 2. The fourth-order valence-electron chi connectivity index (χ4n) is 4.55. The van der Waals surface area contributed by atoms with E-state index in [-0.39, 0.29) is 29.4 Å². The lowest BCUT2D eigenvalue weighted by atomic mass is 9.81. The quantitative estimate of drug-likeness (QED) is 0.657. The molecule has 1 N–H and O–H groups in total. The number of nitrogens with zero attached hydrogens (tertiary/aromatic N) is 5. The monoisotopic (exact) mass is 447 g/mol. The number of hydrogen-bond acceptors (Lipinski definition) is 7. The van der Waals surface area contributed by atoms with E-state index in [0.717, 1.165) is 17.0 Å². The molecular weight excluding hydrogens is 424 g/mol. The van der Waals surface area contributed by atoms with E-state index >= 15 is 4.39 Å². The Bertz CT molecular complexity index is 1090. The highest BCUT2D eigenvalue weighted by Gasteiger charge is 2.49. The number of fused-ring (bicyclic) bond motifs is 2. The van der Waals surface area contributed by atoms with Crippen molar-refractivity contribution >= 4 is 11.3 Å². The molecule has 2 aromatic heterocycles. The summed E-state index contributed by atoms with van der Waals surface area (Å²) in [6.45, 7) is 1.89. The molecule has 5 unspecified atom stereocenters. The first-order valence-corrected chi connectivity index (χ1v) is 11.1. The number of alkyl halides is 2. The van der Waals surface area contributed by atoms with Crippen LogP contribution in [-0.4, -0.2) is 67.6 Å². The Morgan fingerprint density at radius 2 is 2.00 bits per heavy atom. The van der Waals surface area contributed by atoms with E-state index < -0.39 is 18.4 Å². The van der Waals surface area contributed by atoms with Gasteiger partial charge in [0.1, 0.15) is 18.0 Å². The van der Waals surface area contributed by atoms with E-state index in [0.29, 0.717) is 29.1 Å². The molecule has 2 bridgehead atoms. The summed E-state index contributed by atoms with van der Waals surface area (Å²) in [5, 5.41) is 23.6. The number of ether oxygens (including phenoxy) is 1. The fourth-order valence-corrected chi connectivity index (χ4v) is 5.33. The third kappa shape index (κ3) is 3.67. The number of phenolic OH excluding ortho intramolecular Hbond substituents is 1. The zero-order valence-corrected chi connectivity index (χ0v) is 18.0. The topological polar surface area (TPSA) is 76.3 Å². The van der Waals surface area contributed by atoms with Crippen molar-refractivity contribution in [2.45, 2.75) is 56.7 Å². The summed E-state index contributed by atoms with van der Waals surface area (Å²) in [5.41, 5.74) is 2.09. The first-order valence-electron chi connectivity index (χ1n) is 10.3. The molecule has 7 nitrogen and oxygen atoms in total. The van der Waals surface area contributed by atoms with Crippen LogP contribution >= 0.6 is 11.3 Å². The van der Waals surface area contributed by atoms with Gasteiger partial charge in [0.05, 0.1) is 16.9 Å². The molecule has 2 aliphatic rings. The van der Waals surface area contributed by atoms with E-state index in [4.69, 9.17) is 4.74 Å². The molecule has 0 radical (unpaired) electrons. The van der Waals surface area contributed by atoms with E-state index in [1.54, 1.807) is 23.9 Å². The summed E-state index contributed by atoms with van der Waals surface area (Å²) in [6, 6.07) is 6.34. The number of aryl methyl sites for hydroxylation is 1. The zero-order valence-electron chi connectivity index (χ0n) is 17.2. The SMILES string of the molecule is Cc1ccn(-c2ccc(-c3nnc(OC4CC5C(F)CCC(C4F)N5C)s3)c(O)c2)n1. The largest absolute Gasteiger partial charge is 0.507 e. The number of aromatic hydroxyl groups is 1. The van der Waals surface area contributed by atoms with E-state index in [2.05, 4.69) is 15.3 Å². The average molecular weight is 448 g/mol. The predicted octanol–water partition coefficient (Wildman–Crippen LogP) is 3.69. The standard InChI is InChI=1S/C21H23F2N5O2S/c1-11-7-8-28(26-11)12-3-4-13(17(29)9-12)20-24-25-21(31-20)30-18-10-16-14(22)5-6-15(19(18)23)27(16)2/h3-4,7-9,14-16,18-19,29H,5-6,10H2,1-2H3. The fraction of sp³-hybridized carbons (Fsp3) is 0.476. The van der Waals surface area contributed by atoms with Crippen molar-refractivity contribution in [2.75, 3.05) is 7.05 Å². The molecule has 2 saturated heterocycles. The number of benzene rings is 1. The summed E-state index contributed by atoms with van der Waals surface area (Å²) in [7, 11) is 1.78. The second kappa shape index (κ2) is 7.83. The molecule has 0 aliphatic carbocycles. The van der Waals surface area contributed by atoms with Crippen molar-refractivity contribution < 1.29 is 18.6 Å². The molecule has 0 saturated carbocycles. The highest BCUT2D eigenvalue weighted by atomic mass is 32.1. The van der Waals surface area contributed by atoms with Gasteiger partial charge in [0.15, 0.2) is 11.2 Å². The normalized spacial score (nSPS) is 28.6. The molecule has 1 aromatic carbocycles. The highest BCUT2D eigenvalue weighted by molar-refractivity contribution is 7.16. The number of hydrogen-bond donors (Lipinski definition) is 1. The molecule has 3 aromatic rings. The van der Waals surface area contributed by atoms with Gasteiger partial charge in [0, 0.05) is 30.8 Å². The van der Waals surface area contributed by atoms with Crippen LogP contribution in [0, 0.1) is 6.92 Å². The van der Waals surface area contributed by atoms with Gasteiger partial charge < -0.3 is 9.84 Å². The van der Waals surface area contributed by atoms with Gasteiger partial charge in [-0.1, -0.05) is 16.4 Å². The first-order chi connectivity index (χ1) is 14.9. The van der Waals surface area contributed by atoms with E-state index in [1.807, 2.05) is 30.2 Å². The molecule has 31 heavy (non-hydrogen) atoms. The van der Waals surface area contributed by atoms with Crippen molar-refractivity contribution in [3.63, 3.8) is 0 Å². The summed E-state index contributed by atoms with van der Waals surface area (Å²) in [5.74, 6) is 0.0332. The molecule has 5 rings (SSSR count). The molecule has 2 aliphatic heterocycles. The van der Waals surface area contributed by atoms with Crippen LogP contribution in [0.3, 0.4) is 0 Å². The van der Waals surface area contributed by atoms with Crippen LogP contribution in [0.15, 0.2) is 30.5 Å². The second-order valence-electron chi connectivity index (χ2n) is 8.21. The van der Waals surface area contributed by atoms with Crippen molar-refractivity contribution in [1.82, 2.24) is 24.9 Å². The number of phenols is 1. The van der Waals surface area contributed by atoms with Crippen molar-refractivity contribution in [2.24, 2.45) is 0 Å². The Morgan fingerprint density at radius 1 is 1.16 bits per heavy atom. The van der Waals surface area contributed by atoms with Crippen LogP contribution in [0.5, 0.6) is 10.9 Å². The van der Waals surface area contributed by atoms with Crippen LogP contribution < -0.4 is 4.74 Å². The molecule has 5 atom stereocenters. The second-order valence-corrected chi connectivity index (χ2v) is 9.15. The Balaban J connectivity index is 1.33. The van der Waals surface area contributed by atoms with Crippen LogP contribution in [-0.2, 0) is 0 Å². The van der Waals surface area contributed by atoms with Gasteiger partial charge in [-0.15, -0.1) is 5.10 Å². The van der Waals surface area contributed by atoms with Crippen molar-refractivity contribution in [3.8, 4) is 27.2 Å². The minimum atomic E-state index is -1.22. The van der Waals surface area contributed by atoms with Gasteiger partial charge in [-0.2, -0.15) is 5.10 Å². The molecule has 0 spiro atoms. The molecular formula is C21H23F2N5O2S. The highest BCUT2D eigenvalue weighted by Crippen LogP contribution is 2.40. The van der Waals surface area contributed by atoms with Crippen molar-refractivity contribution in [3.05, 3.63) is 36.2 Å². The summed E-state index contributed by atoms with van der Waals surface area (Å²) < 4.78 is 36.8. The van der Waals surface area contributed by atoms with Gasteiger partial charge in [-0.3, -0.25) is 4.90 Å². The molecule has 0 amide bonds. The first kappa shape index (κ1) is 20.3. The third-order valence-electron chi connectivity index (χ3n) is 6.26. The summed E-state index contributed by atoms with van der Waals surface area (Å²) in [6.07, 6.45) is 0.00525. The number of rotatable bonds is 4. The number of piperidine rings is 2. The van der Waals surface area contributed by atoms with Crippen LogP contribution in [0.4, 0.5) is 8.78 Å². The lowest BCUT2D eigenvalue weighted by molar-refractivity contribution is -0.0884. The van der Waals surface area contributed by atoms with Gasteiger partial charge >= 0.3 is 0 Å². The van der Waals surface area contributed by atoms with Crippen LogP contribution in [0.25, 0.3) is 16.3 Å². The molecule has 164 valence electrons. The van der Waals surface area contributed by atoms with Gasteiger partial charge in [-0.05, 0) is 45.0 Å². The maximum Gasteiger partial charge on any atom is 0.294 e. The van der Waals surface area contributed by atoms with E-state index in [9.17, 15) is 9.50 Å². The maximum absolute atomic E-state index is 15.0. The number of aromatic nitrogens is 4. The Labute approximate surface area is 182 Å². The zero-order chi connectivity index (χ0) is 21.7. The van der Waals surface area contributed by atoms with Crippen LogP contribution in [0.1, 0.15) is 25.0 Å². The maximum atomic E-state index is 15.0. The Hall–Kier alpha value is -2.59. The van der Waals surface area contributed by atoms with Gasteiger partial charge in [-0.25, -0.2) is 13.5 Å². The van der Waals surface area contributed by atoms with Gasteiger partial charge in [0.2, 0.25) is 0 Å². The minimum Gasteiger partial charge on any atom is -0.507 e. The molecule has 4 heterocycles. The van der Waals surface area contributed by atoms with Gasteiger partial charge in [0.25, 0.3) is 5.19 Å². The molecule has 2 fully saturated rings. The lowest BCUT2D eigenvalue weighted by Gasteiger charge is -2.49. The average Bonchev–Trinajstić information content (AvgIpc) is 3.38. The predicted molar refractivity (Wildman–Crippen MR) is 112 cm³/mol. The minimum absolute atomic E-state index is 0.0332. The lowest BCUT2D eigenvalue weighted by Crippen LogP contribution is -2.62. The smallest absolute Gasteiger partial charge is 0.294 e. The van der Waals surface area contributed by atoms with Crippen LogP contribution in [0.2, 0.25) is 0 Å². The Morgan fingerprint density at radius 3 is 2.74 bits per heavy atom. The molecule has 10 heteroatoms. The van der Waals surface area contributed by atoms with E-state index in [1.165, 1.54) is 0 Å². The summed E-state index contributed by atoms with van der Waals surface area (Å²) in [4.78, 5) is 1.81. The van der Waals surface area contributed by atoms with Crippen molar-refractivity contribution in [1.29, 1.82) is 0 Å². The Kier molecular flexibility index (Phi) is 5.13. The summed E-state index contributed by atoms with van der Waals surface area (Å²) >= 11 is 1.13. The third-order valence-corrected chi connectivity index (χ3v) is 7.10.